The fourth-order valence-electron chi connectivity index (χ4n) is 4.16. The van der Waals surface area contributed by atoms with Crippen molar-refractivity contribution in [2.24, 2.45) is 5.41 Å². The van der Waals surface area contributed by atoms with Gasteiger partial charge in [0.1, 0.15) is 11.5 Å². The average molecular weight is 370 g/mol. The Morgan fingerprint density at radius 2 is 1.89 bits per heavy atom. The van der Waals surface area contributed by atoms with Gasteiger partial charge in [-0.05, 0) is 31.1 Å². The van der Waals surface area contributed by atoms with Gasteiger partial charge in [0, 0.05) is 18.9 Å². The highest BCUT2D eigenvalue weighted by Gasteiger charge is 2.57. The van der Waals surface area contributed by atoms with Crippen molar-refractivity contribution in [3.8, 4) is 6.07 Å². The van der Waals surface area contributed by atoms with Gasteiger partial charge in [-0.25, -0.2) is 4.98 Å². The Hall–Kier alpha value is -3.59. The monoisotopic (exact) mass is 370 g/mol. The van der Waals surface area contributed by atoms with Crippen molar-refractivity contribution in [3.05, 3.63) is 77.8 Å². The summed E-state index contributed by atoms with van der Waals surface area (Å²) in [5, 5.41) is 9.61. The number of ketones is 1. The van der Waals surface area contributed by atoms with Gasteiger partial charge in [-0.15, -0.1) is 0 Å². The van der Waals surface area contributed by atoms with Crippen LogP contribution in [0.2, 0.25) is 0 Å². The number of benzene rings is 1. The first kappa shape index (κ1) is 17.8. The van der Waals surface area contributed by atoms with E-state index >= 15 is 0 Å². The maximum atomic E-state index is 13.9. The molecule has 1 aromatic heterocycles. The van der Waals surface area contributed by atoms with E-state index in [0.717, 1.165) is 0 Å². The van der Waals surface area contributed by atoms with Gasteiger partial charge >= 0.3 is 0 Å². The SMILES string of the molecule is CC1(C)C(=O)C(C#N)=C[C@@]2(c3ccccc3)C(=O)N(c3cnccn3)CC=C12. The van der Waals surface area contributed by atoms with Gasteiger partial charge in [0.15, 0.2) is 11.6 Å². The van der Waals surface area contributed by atoms with Crippen LogP contribution in [-0.2, 0) is 15.0 Å². The molecule has 0 saturated heterocycles. The Morgan fingerprint density at radius 3 is 2.54 bits per heavy atom. The van der Waals surface area contributed by atoms with E-state index in [1.54, 1.807) is 24.9 Å². The Balaban J connectivity index is 2.03. The van der Waals surface area contributed by atoms with Crippen molar-refractivity contribution in [1.82, 2.24) is 9.97 Å². The molecule has 6 heteroatoms. The molecule has 1 aromatic carbocycles. The molecule has 2 aromatic rings. The van der Waals surface area contributed by atoms with Gasteiger partial charge in [0.25, 0.3) is 0 Å². The van der Waals surface area contributed by atoms with Crippen LogP contribution in [0.3, 0.4) is 0 Å². The summed E-state index contributed by atoms with van der Waals surface area (Å²) in [5.74, 6) is -0.0849. The van der Waals surface area contributed by atoms with Crippen LogP contribution in [0.1, 0.15) is 19.4 Å². The minimum atomic E-state index is -1.24. The Labute approximate surface area is 162 Å². The Bertz CT molecular complexity index is 1060. The third-order valence-electron chi connectivity index (χ3n) is 5.51. The van der Waals surface area contributed by atoms with Crippen LogP contribution in [0, 0.1) is 16.7 Å². The zero-order chi connectivity index (χ0) is 19.9. The number of carbonyl (C=O) groups excluding carboxylic acids is 2. The molecule has 2 heterocycles. The first-order valence-electron chi connectivity index (χ1n) is 8.95. The molecule has 0 saturated carbocycles. The summed E-state index contributed by atoms with van der Waals surface area (Å²) in [7, 11) is 0. The van der Waals surface area contributed by atoms with E-state index < -0.39 is 10.8 Å². The molecule has 1 amide bonds. The summed E-state index contributed by atoms with van der Waals surface area (Å²) in [4.78, 5) is 36.7. The number of hydrogen-bond donors (Lipinski definition) is 0. The van der Waals surface area contributed by atoms with Crippen molar-refractivity contribution in [3.63, 3.8) is 0 Å². The molecule has 0 radical (unpaired) electrons. The number of nitrogens with zero attached hydrogens (tertiary/aromatic N) is 4. The van der Waals surface area contributed by atoms with Crippen molar-refractivity contribution < 1.29 is 9.59 Å². The lowest BCUT2D eigenvalue weighted by molar-refractivity contribution is -0.125. The molecule has 0 spiro atoms. The molecular formula is C22H18N4O2. The lowest BCUT2D eigenvalue weighted by Crippen LogP contribution is -2.57. The number of nitriles is 1. The summed E-state index contributed by atoms with van der Waals surface area (Å²) < 4.78 is 0. The minimum Gasteiger partial charge on any atom is -0.292 e. The first-order valence-corrected chi connectivity index (χ1v) is 8.95. The van der Waals surface area contributed by atoms with Crippen LogP contribution in [0.15, 0.2) is 72.2 Å². The van der Waals surface area contributed by atoms with Crippen LogP contribution in [0.4, 0.5) is 5.82 Å². The lowest BCUT2D eigenvalue weighted by Gasteiger charge is -2.48. The molecule has 0 unspecified atom stereocenters. The molecule has 4 rings (SSSR count). The van der Waals surface area contributed by atoms with Crippen LogP contribution < -0.4 is 4.90 Å². The van der Waals surface area contributed by atoms with E-state index in [9.17, 15) is 14.9 Å². The maximum absolute atomic E-state index is 13.9. The van der Waals surface area contributed by atoms with Gasteiger partial charge in [-0.2, -0.15) is 5.26 Å². The van der Waals surface area contributed by atoms with E-state index in [0.29, 0.717) is 17.0 Å². The molecule has 2 aliphatic rings. The predicted molar refractivity (Wildman–Crippen MR) is 103 cm³/mol. The van der Waals surface area contributed by atoms with Crippen LogP contribution in [-0.4, -0.2) is 28.2 Å². The highest BCUT2D eigenvalue weighted by atomic mass is 16.2. The first-order chi connectivity index (χ1) is 13.4. The van der Waals surface area contributed by atoms with E-state index in [4.69, 9.17) is 0 Å². The van der Waals surface area contributed by atoms with Crippen molar-refractivity contribution in [2.45, 2.75) is 19.3 Å². The minimum absolute atomic E-state index is 0.000323. The zero-order valence-electron chi connectivity index (χ0n) is 15.6. The fourth-order valence-corrected chi connectivity index (χ4v) is 4.16. The van der Waals surface area contributed by atoms with Crippen molar-refractivity contribution in [2.75, 3.05) is 11.4 Å². The number of amides is 1. The summed E-state index contributed by atoms with van der Waals surface area (Å²) in [6, 6.07) is 11.3. The molecule has 28 heavy (non-hydrogen) atoms. The maximum Gasteiger partial charge on any atom is 0.247 e. The average Bonchev–Trinajstić information content (AvgIpc) is 2.73. The third-order valence-corrected chi connectivity index (χ3v) is 5.51. The van der Waals surface area contributed by atoms with E-state index in [2.05, 4.69) is 9.97 Å². The number of fused-ring (bicyclic) bond motifs is 1. The lowest BCUT2D eigenvalue weighted by atomic mass is 9.56. The van der Waals surface area contributed by atoms with Crippen LogP contribution in [0.5, 0.6) is 0 Å². The second-order valence-corrected chi connectivity index (χ2v) is 7.40. The van der Waals surface area contributed by atoms with Gasteiger partial charge in [0.05, 0.1) is 17.2 Å². The van der Waals surface area contributed by atoms with Gasteiger partial charge in [-0.3, -0.25) is 19.5 Å². The Kier molecular flexibility index (Phi) is 3.97. The second-order valence-electron chi connectivity index (χ2n) is 7.40. The molecule has 0 bridgehead atoms. The molecule has 0 N–H and O–H groups in total. The zero-order valence-corrected chi connectivity index (χ0v) is 15.6. The molecule has 1 aliphatic carbocycles. The topological polar surface area (TPSA) is 87.0 Å². The Morgan fingerprint density at radius 1 is 1.14 bits per heavy atom. The van der Waals surface area contributed by atoms with Crippen molar-refractivity contribution >= 4 is 17.5 Å². The molecule has 1 atom stereocenters. The predicted octanol–water partition coefficient (Wildman–Crippen LogP) is 2.75. The molecule has 1 aliphatic heterocycles. The van der Waals surface area contributed by atoms with Gasteiger partial charge < -0.3 is 0 Å². The smallest absolute Gasteiger partial charge is 0.247 e. The highest BCUT2D eigenvalue weighted by Crippen LogP contribution is 2.52. The van der Waals surface area contributed by atoms with Gasteiger partial charge in [-0.1, -0.05) is 36.4 Å². The highest BCUT2D eigenvalue weighted by molar-refractivity contribution is 6.14. The van der Waals surface area contributed by atoms with Gasteiger partial charge in [0.2, 0.25) is 5.91 Å². The summed E-state index contributed by atoms with van der Waals surface area (Å²) in [5.41, 5.74) is -0.798. The second kappa shape index (κ2) is 6.24. The number of anilines is 1. The molecule has 138 valence electrons. The quantitative estimate of drug-likeness (QED) is 0.759. The largest absolute Gasteiger partial charge is 0.292 e. The van der Waals surface area contributed by atoms with Crippen molar-refractivity contribution in [1.29, 1.82) is 5.26 Å². The number of aromatic nitrogens is 2. The number of rotatable bonds is 2. The van der Waals surface area contributed by atoms with E-state index in [1.165, 1.54) is 18.5 Å². The standard InChI is InChI=1S/C22H18N4O2/c1-21(2)17-8-11-26(18-14-24-9-10-25-18)20(28)22(17,12-15(13-23)19(21)27)16-6-4-3-5-7-16/h3-10,12,14H,11H2,1-2H3/t22-/m0/s1. The fraction of sp³-hybridized carbons (Fsp3) is 0.227. The summed E-state index contributed by atoms with van der Waals surface area (Å²) in [6.07, 6.45) is 8.03. The van der Waals surface area contributed by atoms with Crippen LogP contribution in [0.25, 0.3) is 0 Å². The van der Waals surface area contributed by atoms with E-state index in [1.807, 2.05) is 42.5 Å². The van der Waals surface area contributed by atoms with E-state index in [-0.39, 0.29) is 23.8 Å². The number of carbonyl (C=O) groups is 2. The third kappa shape index (κ3) is 2.33. The number of allylic oxidation sites excluding steroid dienone is 1. The molecule has 6 nitrogen and oxygen atoms in total. The summed E-state index contributed by atoms with van der Waals surface area (Å²) >= 11 is 0. The summed E-state index contributed by atoms with van der Waals surface area (Å²) in [6.45, 7) is 3.83. The normalized spacial score (nSPS) is 23.4. The number of Topliss-reactive ketones (excluding diaryl/α,β-unsaturated/α-hetero) is 1. The van der Waals surface area contributed by atoms with Crippen LogP contribution >= 0.6 is 0 Å². The molecular weight excluding hydrogens is 352 g/mol. The number of hydrogen-bond acceptors (Lipinski definition) is 5. The molecule has 0 fully saturated rings.